The molecule has 25 heavy (non-hydrogen) atoms. The average molecular weight is 336 g/mol. The predicted molar refractivity (Wildman–Crippen MR) is 94.4 cm³/mol. The number of hydrogen-bond donors (Lipinski definition) is 2. The molecule has 2 fully saturated rings. The van der Waals surface area contributed by atoms with Crippen LogP contribution in [0.4, 0.5) is 5.69 Å². The van der Waals surface area contributed by atoms with Crippen molar-refractivity contribution in [3.05, 3.63) is 59.9 Å². The molecule has 2 saturated heterocycles. The van der Waals surface area contributed by atoms with Gasteiger partial charge in [-0.05, 0) is 42.2 Å². The first-order valence-electron chi connectivity index (χ1n) is 8.52. The quantitative estimate of drug-likeness (QED) is 0.893. The molecule has 128 valence electrons. The molecule has 2 N–H and O–H groups in total. The maximum Gasteiger partial charge on any atom is 0.257 e. The number of carbonyl (C=O) groups excluding carboxylic acids is 2. The zero-order chi connectivity index (χ0) is 17.2. The number of nitrogens with one attached hydrogen (secondary N) is 2. The Morgan fingerprint density at radius 3 is 2.56 bits per heavy atom. The second kappa shape index (κ2) is 6.64. The van der Waals surface area contributed by atoms with Gasteiger partial charge >= 0.3 is 0 Å². The van der Waals surface area contributed by atoms with Crippen LogP contribution in [-0.2, 0) is 0 Å². The van der Waals surface area contributed by atoms with E-state index in [0.29, 0.717) is 28.7 Å². The van der Waals surface area contributed by atoms with Crippen molar-refractivity contribution >= 4 is 17.5 Å². The second-order valence-electron chi connectivity index (χ2n) is 6.67. The van der Waals surface area contributed by atoms with Crippen LogP contribution in [0.3, 0.4) is 0 Å². The first-order valence-corrected chi connectivity index (χ1v) is 8.52. The normalized spacial score (nSPS) is 21.8. The highest BCUT2D eigenvalue weighted by molar-refractivity contribution is 6.04. The fraction of sp³-hybridized carbons (Fsp3) is 0.316. The summed E-state index contributed by atoms with van der Waals surface area (Å²) in [4.78, 5) is 30.9. The van der Waals surface area contributed by atoms with Crippen molar-refractivity contribution in [3.63, 3.8) is 0 Å². The van der Waals surface area contributed by atoms with E-state index in [1.54, 1.807) is 42.6 Å². The summed E-state index contributed by atoms with van der Waals surface area (Å²) in [6, 6.07) is 10.5. The second-order valence-corrected chi connectivity index (χ2v) is 6.67. The first kappa shape index (κ1) is 15.8. The van der Waals surface area contributed by atoms with Crippen molar-refractivity contribution in [1.29, 1.82) is 0 Å². The molecule has 1 aromatic carbocycles. The van der Waals surface area contributed by atoms with Crippen molar-refractivity contribution in [2.45, 2.75) is 0 Å². The Balaban J connectivity index is 1.46. The third kappa shape index (κ3) is 3.25. The highest BCUT2D eigenvalue weighted by Gasteiger charge is 2.38. The topological polar surface area (TPSA) is 74.3 Å². The van der Waals surface area contributed by atoms with E-state index >= 15 is 0 Å². The van der Waals surface area contributed by atoms with E-state index in [-0.39, 0.29) is 11.8 Å². The van der Waals surface area contributed by atoms with Crippen LogP contribution in [0.1, 0.15) is 20.7 Å². The Kier molecular flexibility index (Phi) is 4.19. The molecule has 2 amide bonds. The van der Waals surface area contributed by atoms with Gasteiger partial charge in [-0.3, -0.25) is 14.6 Å². The first-order chi connectivity index (χ1) is 12.2. The van der Waals surface area contributed by atoms with Gasteiger partial charge in [0.25, 0.3) is 11.8 Å². The van der Waals surface area contributed by atoms with Crippen LogP contribution in [0.5, 0.6) is 0 Å². The Morgan fingerprint density at radius 2 is 1.84 bits per heavy atom. The van der Waals surface area contributed by atoms with E-state index in [1.807, 2.05) is 4.90 Å². The molecule has 0 bridgehead atoms. The molecule has 4 rings (SSSR count). The molecule has 2 aliphatic heterocycles. The Hall–Kier alpha value is -2.73. The lowest BCUT2D eigenvalue weighted by Crippen LogP contribution is -2.31. The van der Waals surface area contributed by atoms with E-state index in [2.05, 4.69) is 15.6 Å². The zero-order valence-electron chi connectivity index (χ0n) is 13.8. The van der Waals surface area contributed by atoms with Crippen molar-refractivity contribution in [3.8, 4) is 0 Å². The van der Waals surface area contributed by atoms with Crippen LogP contribution in [0, 0.1) is 11.8 Å². The number of benzene rings is 1. The SMILES string of the molecule is O=C(Nc1cccc(C(=O)N2C[C@H]3CNC[C@H]3C2)c1)c1cccnc1. The Labute approximate surface area is 146 Å². The van der Waals surface area contributed by atoms with E-state index in [9.17, 15) is 9.59 Å². The minimum atomic E-state index is -0.237. The maximum atomic E-state index is 12.8. The van der Waals surface area contributed by atoms with E-state index in [0.717, 1.165) is 26.2 Å². The summed E-state index contributed by atoms with van der Waals surface area (Å²) in [7, 11) is 0. The third-order valence-electron chi connectivity index (χ3n) is 4.97. The van der Waals surface area contributed by atoms with Gasteiger partial charge in [0.05, 0.1) is 5.56 Å². The van der Waals surface area contributed by atoms with Gasteiger partial charge in [-0.25, -0.2) is 0 Å². The number of nitrogens with zero attached hydrogens (tertiary/aromatic N) is 2. The van der Waals surface area contributed by atoms with Gasteiger partial charge in [-0.1, -0.05) is 6.07 Å². The number of rotatable bonds is 3. The zero-order valence-corrected chi connectivity index (χ0v) is 13.8. The summed E-state index contributed by atoms with van der Waals surface area (Å²) in [5.74, 6) is 0.932. The molecule has 0 saturated carbocycles. The van der Waals surface area contributed by atoms with Crippen molar-refractivity contribution < 1.29 is 9.59 Å². The molecular formula is C19H20N4O2. The van der Waals surface area contributed by atoms with Gasteiger partial charge in [0.2, 0.25) is 0 Å². The fourth-order valence-corrected chi connectivity index (χ4v) is 3.63. The number of amides is 2. The van der Waals surface area contributed by atoms with Crippen molar-refractivity contribution in [1.82, 2.24) is 15.2 Å². The number of pyridine rings is 1. The van der Waals surface area contributed by atoms with Gasteiger partial charge in [-0.15, -0.1) is 0 Å². The average Bonchev–Trinajstić information content (AvgIpc) is 3.24. The third-order valence-corrected chi connectivity index (χ3v) is 4.97. The van der Waals surface area contributed by atoms with Gasteiger partial charge < -0.3 is 15.5 Å². The van der Waals surface area contributed by atoms with Gasteiger partial charge in [-0.2, -0.15) is 0 Å². The van der Waals surface area contributed by atoms with Crippen molar-refractivity contribution in [2.24, 2.45) is 11.8 Å². The molecule has 1 aromatic heterocycles. The smallest absolute Gasteiger partial charge is 0.257 e. The lowest BCUT2D eigenvalue weighted by molar-refractivity contribution is 0.0781. The molecule has 0 spiro atoms. The summed E-state index contributed by atoms with van der Waals surface area (Å²) >= 11 is 0. The molecule has 2 aromatic rings. The summed E-state index contributed by atoms with van der Waals surface area (Å²) in [6.07, 6.45) is 3.14. The van der Waals surface area contributed by atoms with Gasteiger partial charge in [0.1, 0.15) is 0 Å². The maximum absolute atomic E-state index is 12.8. The number of anilines is 1. The summed E-state index contributed by atoms with van der Waals surface area (Å²) < 4.78 is 0. The summed E-state index contributed by atoms with van der Waals surface area (Å²) in [5.41, 5.74) is 1.71. The number of hydrogen-bond acceptors (Lipinski definition) is 4. The van der Waals surface area contributed by atoms with Crippen molar-refractivity contribution in [2.75, 3.05) is 31.5 Å². The minimum absolute atomic E-state index is 0.0341. The summed E-state index contributed by atoms with van der Waals surface area (Å²) in [6.45, 7) is 3.61. The molecule has 0 unspecified atom stereocenters. The fourth-order valence-electron chi connectivity index (χ4n) is 3.63. The number of carbonyl (C=O) groups is 2. The monoisotopic (exact) mass is 336 g/mol. The molecule has 2 atom stereocenters. The minimum Gasteiger partial charge on any atom is -0.338 e. The van der Waals surface area contributed by atoms with E-state index in [1.165, 1.54) is 6.20 Å². The largest absolute Gasteiger partial charge is 0.338 e. The lowest BCUT2D eigenvalue weighted by Gasteiger charge is -2.18. The molecule has 6 heteroatoms. The standard InChI is InChI=1S/C19H20N4O2/c24-18(14-4-2-6-20-8-14)22-17-5-1-3-13(7-17)19(25)23-11-15-9-21-10-16(15)12-23/h1-8,15-16,21H,9-12H2,(H,22,24)/t15-,16+. The number of fused-ring (bicyclic) bond motifs is 1. The van der Waals surface area contributed by atoms with E-state index < -0.39 is 0 Å². The Bertz CT molecular complexity index is 781. The highest BCUT2D eigenvalue weighted by atomic mass is 16.2. The van der Waals surface area contributed by atoms with E-state index in [4.69, 9.17) is 0 Å². The highest BCUT2D eigenvalue weighted by Crippen LogP contribution is 2.27. The van der Waals surface area contributed by atoms with Crippen LogP contribution in [-0.4, -0.2) is 47.9 Å². The van der Waals surface area contributed by atoms with Crippen LogP contribution in [0.15, 0.2) is 48.8 Å². The van der Waals surface area contributed by atoms with Crippen LogP contribution >= 0.6 is 0 Å². The van der Waals surface area contributed by atoms with Gasteiger partial charge in [0.15, 0.2) is 0 Å². The summed E-state index contributed by atoms with van der Waals surface area (Å²) in [5, 5.41) is 6.20. The molecule has 0 radical (unpaired) electrons. The van der Waals surface area contributed by atoms with Crippen LogP contribution < -0.4 is 10.6 Å². The molecule has 6 nitrogen and oxygen atoms in total. The van der Waals surface area contributed by atoms with Gasteiger partial charge in [0, 0.05) is 49.8 Å². The lowest BCUT2D eigenvalue weighted by atomic mass is 10.0. The van der Waals surface area contributed by atoms with Crippen LogP contribution in [0.2, 0.25) is 0 Å². The number of aromatic nitrogens is 1. The molecular weight excluding hydrogens is 316 g/mol. The van der Waals surface area contributed by atoms with Crippen LogP contribution in [0.25, 0.3) is 0 Å². The number of likely N-dealkylation sites (tertiary alicyclic amines) is 1. The Morgan fingerprint density at radius 1 is 1.08 bits per heavy atom. The predicted octanol–water partition coefficient (Wildman–Crippen LogP) is 1.63. The molecule has 3 heterocycles. The molecule has 2 aliphatic rings. The molecule has 0 aliphatic carbocycles.